The molecular formula is C34H30F12N6P2. The molecule has 7 rings (SSSR count). The fourth-order valence-corrected chi connectivity index (χ4v) is 5.62. The van der Waals surface area contributed by atoms with E-state index in [0.29, 0.717) is 0 Å². The van der Waals surface area contributed by atoms with E-state index in [2.05, 4.69) is 126 Å². The van der Waals surface area contributed by atoms with Crippen LogP contribution in [0.1, 0.15) is 22.5 Å². The van der Waals surface area contributed by atoms with Gasteiger partial charge in [-0.25, -0.2) is 18.3 Å². The Hall–Kier alpha value is -5.08. The second kappa shape index (κ2) is 13.3. The normalized spacial score (nSPS) is 14.4. The number of aromatic nitrogens is 6. The first-order valence-electron chi connectivity index (χ1n) is 15.6. The standard InChI is InChI=1S/C34H30N6.2F6P/c1-2-12-30-29(11-1)33(23-39-19-17-37(25-39)21-27-9-5-7-15-35-27)31-13-3-4-14-32(31)34(30)24-40-20-18-38(26-40)22-28-10-6-8-16-36-28;2*1-7(2,3,4,5)6/h1-20,25-26H,21-24H2;;/q+2;2*-1. The number of benzene rings is 3. The Balaban J connectivity index is 0.000000342. The minimum absolute atomic E-state index is 0.755. The van der Waals surface area contributed by atoms with Gasteiger partial charge in [0.2, 0.25) is 12.7 Å². The van der Waals surface area contributed by atoms with Crippen LogP contribution < -0.4 is 9.13 Å². The summed E-state index contributed by atoms with van der Waals surface area (Å²) < 4.78 is 127. The van der Waals surface area contributed by atoms with Crippen molar-refractivity contribution in [2.75, 3.05) is 0 Å². The summed E-state index contributed by atoms with van der Waals surface area (Å²) in [5, 5.41) is 5.20. The van der Waals surface area contributed by atoms with Crippen LogP contribution in [0.15, 0.2) is 135 Å². The molecule has 0 amide bonds. The summed E-state index contributed by atoms with van der Waals surface area (Å²) >= 11 is 0. The molecule has 290 valence electrons. The van der Waals surface area contributed by atoms with E-state index in [-0.39, 0.29) is 0 Å². The van der Waals surface area contributed by atoms with Crippen LogP contribution in [0.4, 0.5) is 50.4 Å². The van der Waals surface area contributed by atoms with Gasteiger partial charge in [0, 0.05) is 23.5 Å². The van der Waals surface area contributed by atoms with Crippen LogP contribution in [0.3, 0.4) is 0 Å². The summed E-state index contributed by atoms with van der Waals surface area (Å²) in [6.45, 7) is 3.10. The van der Waals surface area contributed by atoms with Gasteiger partial charge >= 0.3 is 66.0 Å². The van der Waals surface area contributed by atoms with Crippen molar-refractivity contribution in [2.45, 2.75) is 26.2 Å². The molecule has 4 aromatic heterocycles. The van der Waals surface area contributed by atoms with Crippen molar-refractivity contribution in [3.8, 4) is 0 Å². The molecule has 0 saturated heterocycles. The molecule has 0 spiro atoms. The van der Waals surface area contributed by atoms with Crippen LogP contribution in [-0.2, 0) is 26.2 Å². The predicted molar refractivity (Wildman–Crippen MR) is 183 cm³/mol. The van der Waals surface area contributed by atoms with Gasteiger partial charge in [-0.3, -0.25) is 9.97 Å². The molecular weight excluding hydrogens is 782 g/mol. The summed E-state index contributed by atoms with van der Waals surface area (Å²) in [7, 11) is -21.3. The van der Waals surface area contributed by atoms with Crippen molar-refractivity contribution in [1.82, 2.24) is 19.1 Å². The quantitative estimate of drug-likeness (QED) is 0.0664. The number of hydrogen-bond acceptors (Lipinski definition) is 2. The van der Waals surface area contributed by atoms with Gasteiger partial charge in [-0.05, 0) is 45.8 Å². The summed E-state index contributed by atoms with van der Waals surface area (Å²) in [5.74, 6) is 0. The molecule has 0 N–H and O–H groups in total. The van der Waals surface area contributed by atoms with Crippen LogP contribution in [0.25, 0.3) is 21.5 Å². The topological polar surface area (TPSA) is 43.4 Å². The smallest absolute Gasteiger partial charge is 0.244 e. The second-order valence-corrected chi connectivity index (χ2v) is 16.0. The Morgan fingerprint density at radius 3 is 1.02 bits per heavy atom. The number of halogens is 12. The van der Waals surface area contributed by atoms with Gasteiger partial charge in [0.25, 0.3) is 0 Å². The zero-order valence-corrected chi connectivity index (χ0v) is 29.4. The first kappa shape index (κ1) is 40.1. The molecule has 3 aromatic carbocycles. The monoisotopic (exact) mass is 812 g/mol. The average Bonchev–Trinajstić information content (AvgIpc) is 3.69. The maximum atomic E-state index is 9.87. The third-order valence-electron chi connectivity index (χ3n) is 7.47. The first-order valence-corrected chi connectivity index (χ1v) is 19.7. The Kier molecular flexibility index (Phi) is 9.91. The summed E-state index contributed by atoms with van der Waals surface area (Å²) in [5.41, 5.74) is 4.79. The van der Waals surface area contributed by atoms with Gasteiger partial charge in [-0.1, -0.05) is 60.7 Å². The summed E-state index contributed by atoms with van der Waals surface area (Å²) in [4.78, 5) is 8.96. The largest absolute Gasteiger partial charge is 0.257 e. The van der Waals surface area contributed by atoms with Gasteiger partial charge in [-0.15, -0.1) is 0 Å². The zero-order valence-electron chi connectivity index (χ0n) is 27.6. The van der Waals surface area contributed by atoms with Gasteiger partial charge in [0.1, 0.15) is 51.0 Å². The molecule has 0 unspecified atom stereocenters. The minimum Gasteiger partial charge on any atom is -0.257 e. The molecule has 20 heteroatoms. The van der Waals surface area contributed by atoms with Crippen molar-refractivity contribution in [2.24, 2.45) is 0 Å². The molecule has 0 aliphatic heterocycles. The molecule has 0 atom stereocenters. The van der Waals surface area contributed by atoms with E-state index in [1.54, 1.807) is 0 Å². The maximum absolute atomic E-state index is 10.7. The van der Waals surface area contributed by atoms with Gasteiger partial charge in [-0.2, -0.15) is 0 Å². The molecule has 0 saturated carbocycles. The van der Waals surface area contributed by atoms with Crippen molar-refractivity contribution < 1.29 is 59.5 Å². The first-order chi connectivity index (χ1) is 24.7. The molecule has 0 radical (unpaired) electrons. The van der Waals surface area contributed by atoms with Gasteiger partial charge < -0.3 is 0 Å². The van der Waals surface area contributed by atoms with Crippen LogP contribution in [-0.4, -0.2) is 19.1 Å². The van der Waals surface area contributed by atoms with Crippen LogP contribution in [0.2, 0.25) is 0 Å². The minimum atomic E-state index is -10.7. The van der Waals surface area contributed by atoms with Crippen LogP contribution >= 0.6 is 15.6 Å². The number of hydrogen-bond donors (Lipinski definition) is 0. The number of nitrogens with zero attached hydrogens (tertiary/aromatic N) is 6. The fraction of sp³-hybridized carbons (Fsp3) is 0.118. The molecule has 0 fully saturated rings. The molecule has 7 aromatic rings. The van der Waals surface area contributed by atoms with Crippen molar-refractivity contribution in [1.29, 1.82) is 0 Å². The fourth-order valence-electron chi connectivity index (χ4n) is 5.62. The van der Waals surface area contributed by atoms with E-state index in [9.17, 15) is 50.4 Å². The second-order valence-electron chi connectivity index (χ2n) is 12.1. The summed E-state index contributed by atoms with van der Waals surface area (Å²) in [6, 6.07) is 29.8. The third-order valence-corrected chi connectivity index (χ3v) is 7.47. The van der Waals surface area contributed by atoms with Crippen LogP contribution in [0, 0.1) is 0 Å². The zero-order chi connectivity index (χ0) is 39.5. The van der Waals surface area contributed by atoms with Crippen LogP contribution in [0.5, 0.6) is 0 Å². The van der Waals surface area contributed by atoms with Crippen molar-refractivity contribution in [3.63, 3.8) is 0 Å². The summed E-state index contributed by atoms with van der Waals surface area (Å²) in [6.07, 6.45) is 16.6. The Morgan fingerprint density at radius 1 is 0.444 bits per heavy atom. The predicted octanol–water partition coefficient (Wildman–Crippen LogP) is 11.9. The van der Waals surface area contributed by atoms with Gasteiger partial charge in [0.05, 0.1) is 11.4 Å². The number of imidazole rings is 2. The molecule has 54 heavy (non-hydrogen) atoms. The molecule has 0 aliphatic carbocycles. The molecule has 6 nitrogen and oxygen atoms in total. The Bertz CT molecular complexity index is 2140. The number of pyridine rings is 2. The van der Waals surface area contributed by atoms with Crippen molar-refractivity contribution in [3.05, 3.63) is 157 Å². The van der Waals surface area contributed by atoms with E-state index in [4.69, 9.17) is 0 Å². The molecule has 0 bridgehead atoms. The Labute approximate surface area is 299 Å². The average molecular weight is 813 g/mol. The maximum Gasteiger partial charge on any atom is 0.244 e. The number of rotatable bonds is 8. The molecule has 0 aliphatic rings. The number of fused-ring (bicyclic) bond motifs is 2. The SMILES string of the molecule is F[P-](F)(F)(F)(F)F.F[P-](F)(F)(F)(F)F.c1ccc(Cn2cc[n+](Cc3c4ccccc4c(C[n+]4ccn(Cc5ccccn5)c4)c4ccccc34)c2)nc1. The third kappa shape index (κ3) is 14.4. The Morgan fingerprint density at radius 2 is 0.741 bits per heavy atom. The van der Waals surface area contributed by atoms with E-state index in [1.165, 1.54) is 32.7 Å². The molecule has 4 heterocycles. The van der Waals surface area contributed by atoms with E-state index >= 15 is 0 Å². The van der Waals surface area contributed by atoms with Crippen molar-refractivity contribution >= 4 is 37.2 Å². The van der Waals surface area contributed by atoms with Gasteiger partial charge in [0.15, 0.2) is 0 Å². The van der Waals surface area contributed by atoms with E-state index in [0.717, 1.165) is 37.6 Å². The van der Waals surface area contributed by atoms with E-state index in [1.807, 2.05) is 36.7 Å². The van der Waals surface area contributed by atoms with E-state index < -0.39 is 15.6 Å².